The van der Waals surface area contributed by atoms with Gasteiger partial charge in [-0.3, -0.25) is 0 Å². The maximum absolute atomic E-state index is 9.81. The molecule has 0 amide bonds. The van der Waals surface area contributed by atoms with Crippen LogP contribution >= 0.6 is 0 Å². The van der Waals surface area contributed by atoms with E-state index in [1.807, 2.05) is 54.6 Å². The van der Waals surface area contributed by atoms with Crippen LogP contribution in [-0.4, -0.2) is 5.11 Å². The molecule has 4 heteroatoms. The van der Waals surface area contributed by atoms with Gasteiger partial charge in [0.05, 0.1) is 0 Å². The summed E-state index contributed by atoms with van der Waals surface area (Å²) in [5.41, 5.74) is 1.74. The third-order valence-corrected chi connectivity index (χ3v) is 3.71. The molecule has 0 saturated carbocycles. The van der Waals surface area contributed by atoms with Crippen molar-refractivity contribution in [1.82, 2.24) is 0 Å². The normalized spacial score (nSPS) is 11.7. The van der Waals surface area contributed by atoms with Crippen LogP contribution in [0.25, 0.3) is 0 Å². The van der Waals surface area contributed by atoms with Gasteiger partial charge in [-0.1, -0.05) is 30.3 Å². The molecular formula is C19H15NO3. The van der Waals surface area contributed by atoms with Crippen LogP contribution in [0.3, 0.4) is 0 Å². The van der Waals surface area contributed by atoms with E-state index >= 15 is 0 Å². The zero-order valence-corrected chi connectivity index (χ0v) is 12.3. The highest BCUT2D eigenvalue weighted by Gasteiger charge is 2.18. The zero-order valence-electron chi connectivity index (χ0n) is 12.3. The van der Waals surface area contributed by atoms with Crippen molar-refractivity contribution >= 4 is 5.69 Å². The van der Waals surface area contributed by atoms with E-state index < -0.39 is 0 Å². The molecule has 23 heavy (non-hydrogen) atoms. The summed E-state index contributed by atoms with van der Waals surface area (Å²) in [4.78, 5) is 0. The lowest BCUT2D eigenvalue weighted by Gasteiger charge is -2.21. The quantitative estimate of drug-likeness (QED) is 0.565. The highest BCUT2D eigenvalue weighted by Crippen LogP contribution is 2.45. The summed E-state index contributed by atoms with van der Waals surface area (Å²) in [6, 6.07) is 20.5. The number of hydrogen-bond acceptors (Lipinski definition) is 4. The Labute approximate surface area is 133 Å². The van der Waals surface area contributed by atoms with E-state index in [4.69, 9.17) is 9.47 Å². The zero-order chi connectivity index (χ0) is 15.6. The van der Waals surface area contributed by atoms with E-state index in [2.05, 4.69) is 5.32 Å². The van der Waals surface area contributed by atoms with E-state index in [0.717, 1.165) is 17.0 Å². The topological polar surface area (TPSA) is 50.7 Å². The van der Waals surface area contributed by atoms with E-state index in [-0.39, 0.29) is 5.75 Å². The van der Waals surface area contributed by atoms with Gasteiger partial charge in [-0.2, -0.15) is 0 Å². The molecule has 3 aromatic carbocycles. The Morgan fingerprint density at radius 3 is 2.17 bits per heavy atom. The molecule has 0 unspecified atom stereocenters. The van der Waals surface area contributed by atoms with Gasteiger partial charge in [-0.05, 0) is 30.3 Å². The molecule has 2 N–H and O–H groups in total. The summed E-state index contributed by atoms with van der Waals surface area (Å²) in [6.07, 6.45) is 0. The number of phenols is 1. The van der Waals surface area contributed by atoms with Crippen molar-refractivity contribution < 1.29 is 14.6 Å². The van der Waals surface area contributed by atoms with Crippen LogP contribution in [0.2, 0.25) is 0 Å². The first kappa shape index (κ1) is 13.5. The molecule has 0 aromatic heterocycles. The number of anilines is 1. The lowest BCUT2D eigenvalue weighted by Crippen LogP contribution is -2.02. The Morgan fingerprint density at radius 1 is 0.739 bits per heavy atom. The van der Waals surface area contributed by atoms with Crippen molar-refractivity contribution in [2.75, 3.05) is 5.32 Å². The summed E-state index contributed by atoms with van der Waals surface area (Å²) >= 11 is 0. The Balaban J connectivity index is 1.53. The number of para-hydroxylation sites is 3. The van der Waals surface area contributed by atoms with Crippen LogP contribution in [0, 0.1) is 0 Å². The Hall–Kier alpha value is -3.14. The second-order valence-corrected chi connectivity index (χ2v) is 5.29. The van der Waals surface area contributed by atoms with Gasteiger partial charge in [-0.15, -0.1) is 0 Å². The molecule has 0 saturated heterocycles. The first-order valence-electron chi connectivity index (χ1n) is 7.39. The molecule has 114 valence electrons. The molecule has 0 atom stereocenters. The van der Waals surface area contributed by atoms with Crippen molar-refractivity contribution in [3.8, 4) is 28.7 Å². The molecule has 1 aliphatic rings. The van der Waals surface area contributed by atoms with Crippen LogP contribution in [-0.2, 0) is 6.54 Å². The fraction of sp³-hybridized carbons (Fsp3) is 0.0526. The van der Waals surface area contributed by atoms with Crippen LogP contribution in [0.15, 0.2) is 66.7 Å². The predicted octanol–water partition coefficient (Wildman–Crippen LogP) is 4.90. The number of nitrogens with one attached hydrogen (secondary N) is 1. The van der Waals surface area contributed by atoms with Gasteiger partial charge in [0, 0.05) is 23.9 Å². The number of benzene rings is 3. The van der Waals surface area contributed by atoms with Crippen molar-refractivity contribution in [3.63, 3.8) is 0 Å². The number of hydrogen-bond donors (Lipinski definition) is 2. The summed E-state index contributed by atoms with van der Waals surface area (Å²) in [5.74, 6) is 3.07. The number of rotatable bonds is 3. The minimum absolute atomic E-state index is 0.284. The summed E-state index contributed by atoms with van der Waals surface area (Å²) in [7, 11) is 0. The average molecular weight is 305 g/mol. The molecule has 0 spiro atoms. The van der Waals surface area contributed by atoms with Crippen LogP contribution in [0.5, 0.6) is 28.7 Å². The van der Waals surface area contributed by atoms with E-state index in [1.54, 1.807) is 12.1 Å². The van der Waals surface area contributed by atoms with Crippen LogP contribution < -0.4 is 14.8 Å². The maximum atomic E-state index is 9.81. The molecule has 0 radical (unpaired) electrons. The minimum atomic E-state index is 0.284. The van der Waals surface area contributed by atoms with E-state index in [0.29, 0.717) is 23.8 Å². The molecule has 0 fully saturated rings. The molecule has 1 aliphatic heterocycles. The van der Waals surface area contributed by atoms with Crippen molar-refractivity contribution in [2.24, 2.45) is 0 Å². The standard InChI is InChI=1S/C19H15NO3/c21-15-6-2-1-5-13(15)12-20-14-9-10-18-19(11-14)23-17-8-4-3-7-16(17)22-18/h1-11,20-21H,12H2. The lowest BCUT2D eigenvalue weighted by molar-refractivity contribution is 0.360. The van der Waals surface area contributed by atoms with Crippen LogP contribution in [0.4, 0.5) is 5.69 Å². The minimum Gasteiger partial charge on any atom is -0.508 e. The monoisotopic (exact) mass is 305 g/mol. The van der Waals surface area contributed by atoms with E-state index in [9.17, 15) is 5.11 Å². The second kappa shape index (κ2) is 5.57. The van der Waals surface area contributed by atoms with Gasteiger partial charge >= 0.3 is 0 Å². The van der Waals surface area contributed by atoms with Gasteiger partial charge in [0.25, 0.3) is 0 Å². The maximum Gasteiger partial charge on any atom is 0.172 e. The lowest BCUT2D eigenvalue weighted by atomic mass is 10.2. The van der Waals surface area contributed by atoms with Gasteiger partial charge < -0.3 is 19.9 Å². The molecule has 0 aliphatic carbocycles. The third-order valence-electron chi connectivity index (χ3n) is 3.71. The van der Waals surface area contributed by atoms with Gasteiger partial charge in [-0.25, -0.2) is 0 Å². The fourth-order valence-electron chi connectivity index (χ4n) is 2.50. The molecule has 1 heterocycles. The number of phenolic OH excluding ortho intramolecular Hbond substituents is 1. The average Bonchev–Trinajstić information content (AvgIpc) is 2.59. The summed E-state index contributed by atoms with van der Waals surface area (Å²) < 4.78 is 11.7. The number of fused-ring (bicyclic) bond motifs is 2. The third kappa shape index (κ3) is 2.66. The largest absolute Gasteiger partial charge is 0.508 e. The smallest absolute Gasteiger partial charge is 0.172 e. The molecular weight excluding hydrogens is 290 g/mol. The highest BCUT2D eigenvalue weighted by molar-refractivity contribution is 5.60. The van der Waals surface area contributed by atoms with Gasteiger partial charge in [0.1, 0.15) is 5.75 Å². The first-order chi connectivity index (χ1) is 11.3. The Bertz CT molecular complexity index is 861. The summed E-state index contributed by atoms with van der Waals surface area (Å²) in [5, 5.41) is 13.1. The Kier molecular flexibility index (Phi) is 3.27. The number of ether oxygens (including phenoxy) is 2. The van der Waals surface area contributed by atoms with Crippen molar-refractivity contribution in [1.29, 1.82) is 0 Å². The summed E-state index contributed by atoms with van der Waals surface area (Å²) in [6.45, 7) is 0.531. The highest BCUT2D eigenvalue weighted by atomic mass is 16.6. The van der Waals surface area contributed by atoms with Gasteiger partial charge in [0.15, 0.2) is 23.0 Å². The molecule has 4 nitrogen and oxygen atoms in total. The molecule has 0 bridgehead atoms. The van der Waals surface area contributed by atoms with Crippen molar-refractivity contribution in [2.45, 2.75) is 6.54 Å². The molecule has 4 rings (SSSR count). The van der Waals surface area contributed by atoms with Gasteiger partial charge in [0.2, 0.25) is 0 Å². The predicted molar refractivity (Wildman–Crippen MR) is 88.5 cm³/mol. The SMILES string of the molecule is Oc1ccccc1CNc1ccc2c(c1)Oc1ccccc1O2. The number of aromatic hydroxyl groups is 1. The molecule has 3 aromatic rings. The van der Waals surface area contributed by atoms with E-state index in [1.165, 1.54) is 0 Å². The first-order valence-corrected chi connectivity index (χ1v) is 7.39. The van der Waals surface area contributed by atoms with Crippen LogP contribution in [0.1, 0.15) is 5.56 Å². The van der Waals surface area contributed by atoms with Crippen molar-refractivity contribution in [3.05, 3.63) is 72.3 Å². The fourth-order valence-corrected chi connectivity index (χ4v) is 2.50. The Morgan fingerprint density at radius 2 is 1.39 bits per heavy atom. The second-order valence-electron chi connectivity index (χ2n) is 5.29.